The average molecular weight is 173 g/mol. The molecule has 0 radical (unpaired) electrons. The lowest BCUT2D eigenvalue weighted by Gasteiger charge is -2.18. The lowest BCUT2D eigenvalue weighted by Crippen LogP contribution is -2.30. The van der Waals surface area contributed by atoms with Gasteiger partial charge in [-0.1, -0.05) is 0 Å². The summed E-state index contributed by atoms with van der Waals surface area (Å²) in [6.45, 7) is 5.61. The predicted octanol–water partition coefficient (Wildman–Crippen LogP) is 0.480. The summed E-state index contributed by atoms with van der Waals surface area (Å²) >= 11 is 0. The van der Waals surface area contributed by atoms with E-state index >= 15 is 0 Å². The molecular weight excluding hydrogens is 154 g/mol. The van der Waals surface area contributed by atoms with Crippen LogP contribution in [0.2, 0.25) is 0 Å². The maximum Gasteiger partial charge on any atom is 0.0758 e. The third-order valence-corrected chi connectivity index (χ3v) is 2.35. The topological polar surface area (TPSA) is 32.7 Å². The molecule has 0 aliphatic carbocycles. The molecule has 1 N–H and O–H groups in total. The van der Waals surface area contributed by atoms with Crippen molar-refractivity contribution in [2.75, 3.05) is 33.4 Å². The number of aliphatic hydroxyl groups is 1. The van der Waals surface area contributed by atoms with E-state index in [0.29, 0.717) is 0 Å². The quantitative estimate of drug-likeness (QED) is 0.628. The molecule has 0 aromatic rings. The Morgan fingerprint density at radius 1 is 1.58 bits per heavy atom. The van der Waals surface area contributed by atoms with Gasteiger partial charge in [-0.15, -0.1) is 0 Å². The highest BCUT2D eigenvalue weighted by atomic mass is 16.5. The number of rotatable bonds is 4. The fourth-order valence-corrected chi connectivity index (χ4v) is 1.66. The van der Waals surface area contributed by atoms with Gasteiger partial charge in [0, 0.05) is 33.4 Å². The minimum Gasteiger partial charge on any atom is -0.389 e. The van der Waals surface area contributed by atoms with Crippen LogP contribution in [0, 0.1) is 0 Å². The van der Waals surface area contributed by atoms with Gasteiger partial charge >= 0.3 is 0 Å². The molecule has 3 nitrogen and oxygen atoms in total. The number of β-amino-alcohol motifs (C(OH)–C–C–N with tert-alkyl or cyclic N) is 1. The Balaban J connectivity index is 2.11. The first-order chi connectivity index (χ1) is 5.64. The van der Waals surface area contributed by atoms with E-state index in [2.05, 4.69) is 4.90 Å². The molecule has 1 atom stereocenters. The Bertz CT molecular complexity index is 136. The SMILES string of the molecule is COCCCN1CCC(C)(O)C1. The smallest absolute Gasteiger partial charge is 0.0758 e. The molecule has 1 aliphatic rings. The molecule has 0 amide bonds. The van der Waals surface area contributed by atoms with Gasteiger partial charge in [0.15, 0.2) is 0 Å². The van der Waals surface area contributed by atoms with Gasteiger partial charge in [-0.25, -0.2) is 0 Å². The number of ether oxygens (including phenoxy) is 1. The summed E-state index contributed by atoms with van der Waals surface area (Å²) in [4.78, 5) is 2.29. The molecule has 0 aromatic heterocycles. The van der Waals surface area contributed by atoms with Crippen molar-refractivity contribution < 1.29 is 9.84 Å². The molecule has 1 heterocycles. The molecule has 1 saturated heterocycles. The first-order valence-electron chi connectivity index (χ1n) is 4.58. The van der Waals surface area contributed by atoms with Crippen molar-refractivity contribution in [1.29, 1.82) is 0 Å². The van der Waals surface area contributed by atoms with Crippen LogP contribution in [-0.2, 0) is 4.74 Å². The Morgan fingerprint density at radius 3 is 2.83 bits per heavy atom. The molecule has 12 heavy (non-hydrogen) atoms. The summed E-state index contributed by atoms with van der Waals surface area (Å²) in [7, 11) is 1.72. The van der Waals surface area contributed by atoms with Crippen molar-refractivity contribution >= 4 is 0 Å². The molecule has 3 heteroatoms. The van der Waals surface area contributed by atoms with Crippen LogP contribution in [0.4, 0.5) is 0 Å². The number of hydrogen-bond donors (Lipinski definition) is 1. The van der Waals surface area contributed by atoms with Crippen molar-refractivity contribution in [2.24, 2.45) is 0 Å². The van der Waals surface area contributed by atoms with Gasteiger partial charge in [0.05, 0.1) is 5.60 Å². The Morgan fingerprint density at radius 2 is 2.33 bits per heavy atom. The second-order valence-corrected chi connectivity index (χ2v) is 3.87. The van der Waals surface area contributed by atoms with E-state index in [0.717, 1.165) is 39.1 Å². The zero-order valence-corrected chi connectivity index (χ0v) is 8.05. The van der Waals surface area contributed by atoms with Gasteiger partial charge in [-0.05, 0) is 19.8 Å². The summed E-state index contributed by atoms with van der Waals surface area (Å²) in [5.41, 5.74) is -0.451. The fraction of sp³-hybridized carbons (Fsp3) is 1.00. The highest BCUT2D eigenvalue weighted by Crippen LogP contribution is 2.19. The van der Waals surface area contributed by atoms with Crippen LogP contribution in [0.1, 0.15) is 19.8 Å². The van der Waals surface area contributed by atoms with Crippen LogP contribution < -0.4 is 0 Å². The second-order valence-electron chi connectivity index (χ2n) is 3.87. The predicted molar refractivity (Wildman–Crippen MR) is 48.2 cm³/mol. The van der Waals surface area contributed by atoms with Crippen LogP contribution in [0.25, 0.3) is 0 Å². The van der Waals surface area contributed by atoms with Crippen molar-refractivity contribution in [3.63, 3.8) is 0 Å². The van der Waals surface area contributed by atoms with Crippen LogP contribution >= 0.6 is 0 Å². The van der Waals surface area contributed by atoms with Gasteiger partial charge in [0.2, 0.25) is 0 Å². The highest BCUT2D eigenvalue weighted by Gasteiger charge is 2.30. The summed E-state index contributed by atoms with van der Waals surface area (Å²) in [6.07, 6.45) is 1.96. The van der Waals surface area contributed by atoms with Crippen molar-refractivity contribution in [1.82, 2.24) is 4.90 Å². The van der Waals surface area contributed by atoms with Crippen LogP contribution in [0.5, 0.6) is 0 Å². The minimum atomic E-state index is -0.451. The highest BCUT2D eigenvalue weighted by molar-refractivity contribution is 4.85. The van der Waals surface area contributed by atoms with Gasteiger partial charge in [0.25, 0.3) is 0 Å². The van der Waals surface area contributed by atoms with E-state index in [-0.39, 0.29) is 0 Å². The maximum absolute atomic E-state index is 9.65. The lowest BCUT2D eigenvalue weighted by molar-refractivity contribution is 0.0674. The first-order valence-corrected chi connectivity index (χ1v) is 4.58. The number of nitrogens with zero attached hydrogens (tertiary/aromatic N) is 1. The molecular formula is C9H19NO2. The monoisotopic (exact) mass is 173 g/mol. The average Bonchev–Trinajstić information content (AvgIpc) is 2.31. The van der Waals surface area contributed by atoms with E-state index in [1.54, 1.807) is 7.11 Å². The molecule has 0 bridgehead atoms. The van der Waals surface area contributed by atoms with E-state index in [1.165, 1.54) is 0 Å². The van der Waals surface area contributed by atoms with Gasteiger partial charge < -0.3 is 14.7 Å². The number of likely N-dealkylation sites (tertiary alicyclic amines) is 1. The molecule has 1 rings (SSSR count). The van der Waals surface area contributed by atoms with E-state index in [4.69, 9.17) is 4.74 Å². The molecule has 0 spiro atoms. The van der Waals surface area contributed by atoms with Crippen molar-refractivity contribution in [3.8, 4) is 0 Å². The standard InChI is InChI=1S/C9H19NO2/c1-9(11)4-6-10(8-9)5-3-7-12-2/h11H,3-8H2,1-2H3. The Labute approximate surface area is 74.3 Å². The normalized spacial score (nSPS) is 31.2. The van der Waals surface area contributed by atoms with Crippen LogP contribution in [0.3, 0.4) is 0 Å². The number of methoxy groups -OCH3 is 1. The van der Waals surface area contributed by atoms with Crippen molar-refractivity contribution in [2.45, 2.75) is 25.4 Å². The molecule has 1 fully saturated rings. The van der Waals surface area contributed by atoms with E-state index in [9.17, 15) is 5.11 Å². The van der Waals surface area contributed by atoms with Crippen LogP contribution in [-0.4, -0.2) is 49.0 Å². The zero-order valence-electron chi connectivity index (χ0n) is 8.05. The summed E-state index contributed by atoms with van der Waals surface area (Å²) < 4.78 is 4.96. The van der Waals surface area contributed by atoms with Crippen molar-refractivity contribution in [3.05, 3.63) is 0 Å². The lowest BCUT2D eigenvalue weighted by atomic mass is 10.1. The Kier molecular flexibility index (Phi) is 3.50. The summed E-state index contributed by atoms with van der Waals surface area (Å²) in [5.74, 6) is 0. The van der Waals surface area contributed by atoms with Gasteiger partial charge in [-0.2, -0.15) is 0 Å². The summed E-state index contributed by atoms with van der Waals surface area (Å²) in [5, 5.41) is 9.65. The summed E-state index contributed by atoms with van der Waals surface area (Å²) in [6, 6.07) is 0. The molecule has 1 unspecified atom stereocenters. The molecule has 1 aliphatic heterocycles. The molecule has 0 aromatic carbocycles. The molecule has 0 saturated carbocycles. The minimum absolute atomic E-state index is 0.451. The Hall–Kier alpha value is -0.120. The van der Waals surface area contributed by atoms with Gasteiger partial charge in [-0.3, -0.25) is 0 Å². The third kappa shape index (κ3) is 3.09. The first kappa shape index (κ1) is 9.96. The van der Waals surface area contributed by atoms with E-state index < -0.39 is 5.60 Å². The van der Waals surface area contributed by atoms with Gasteiger partial charge in [0.1, 0.15) is 0 Å². The maximum atomic E-state index is 9.65. The third-order valence-electron chi connectivity index (χ3n) is 2.35. The molecule has 72 valence electrons. The largest absolute Gasteiger partial charge is 0.389 e. The van der Waals surface area contributed by atoms with E-state index in [1.807, 2.05) is 6.92 Å². The second kappa shape index (κ2) is 4.21. The van der Waals surface area contributed by atoms with Crippen LogP contribution in [0.15, 0.2) is 0 Å². The zero-order chi connectivity index (χ0) is 9.03. The number of hydrogen-bond acceptors (Lipinski definition) is 3. The fourth-order valence-electron chi connectivity index (χ4n) is 1.66.